The Hall–Kier alpha value is -2.61. The average molecular weight is 359 g/mol. The number of benzene rings is 1. The first-order valence-corrected chi connectivity index (χ1v) is 8.85. The van der Waals surface area contributed by atoms with E-state index in [1.807, 2.05) is 24.3 Å². The second kappa shape index (κ2) is 6.95. The van der Waals surface area contributed by atoms with E-state index in [0.29, 0.717) is 38.5 Å². The van der Waals surface area contributed by atoms with Gasteiger partial charge < -0.3 is 24.1 Å². The summed E-state index contributed by atoms with van der Waals surface area (Å²) in [6.07, 6.45) is 0.479. The number of carbonyl (C=O) groups excluding carboxylic acids is 1. The van der Waals surface area contributed by atoms with E-state index in [1.165, 1.54) is 0 Å². The number of carboxylic acid groups (broad SMARTS) is 1. The highest BCUT2D eigenvalue weighted by atomic mass is 16.5. The lowest BCUT2D eigenvalue weighted by Crippen LogP contribution is -2.51. The van der Waals surface area contributed by atoms with Gasteiger partial charge >= 0.3 is 5.97 Å². The number of hydrogen-bond acceptors (Lipinski definition) is 6. The Balaban J connectivity index is 1.37. The van der Waals surface area contributed by atoms with Crippen molar-refractivity contribution in [2.24, 2.45) is 5.92 Å². The number of hydrogen-bond donors (Lipinski definition) is 1. The summed E-state index contributed by atoms with van der Waals surface area (Å²) >= 11 is 0. The van der Waals surface area contributed by atoms with Crippen LogP contribution in [-0.2, 0) is 14.3 Å². The molecule has 0 spiro atoms. The molecule has 3 heterocycles. The molecule has 1 atom stereocenters. The summed E-state index contributed by atoms with van der Waals surface area (Å²) in [6, 6.07) is 8.23. The van der Waals surface area contributed by atoms with Crippen molar-refractivity contribution in [2.75, 3.05) is 37.7 Å². The van der Waals surface area contributed by atoms with Gasteiger partial charge in [0.2, 0.25) is 5.91 Å². The monoisotopic (exact) mass is 359 g/mol. The second-order valence-electron chi connectivity index (χ2n) is 6.71. The number of nitrogens with zero attached hydrogens (tertiary/aromatic N) is 3. The number of carboxylic acids is 1. The molecular weight excluding hydrogens is 338 g/mol. The second-order valence-corrected chi connectivity index (χ2v) is 6.71. The first kappa shape index (κ1) is 16.8. The number of para-hydroxylation sites is 2. The summed E-state index contributed by atoms with van der Waals surface area (Å²) < 4.78 is 11.0. The maximum absolute atomic E-state index is 12.7. The average Bonchev–Trinajstić information content (AvgIpc) is 3.12. The van der Waals surface area contributed by atoms with Crippen molar-refractivity contribution in [2.45, 2.75) is 18.9 Å². The van der Waals surface area contributed by atoms with Crippen LogP contribution in [0.5, 0.6) is 0 Å². The number of fused-ring (bicyclic) bond motifs is 1. The van der Waals surface area contributed by atoms with E-state index in [-0.39, 0.29) is 25.0 Å². The summed E-state index contributed by atoms with van der Waals surface area (Å²) in [6.45, 7) is 2.23. The highest BCUT2D eigenvalue weighted by Gasteiger charge is 2.34. The molecule has 1 amide bonds. The summed E-state index contributed by atoms with van der Waals surface area (Å²) in [4.78, 5) is 32.0. The number of rotatable bonds is 3. The van der Waals surface area contributed by atoms with Crippen molar-refractivity contribution in [3.8, 4) is 0 Å². The van der Waals surface area contributed by atoms with Crippen LogP contribution in [-0.4, -0.2) is 65.8 Å². The quantitative estimate of drug-likeness (QED) is 0.884. The summed E-state index contributed by atoms with van der Waals surface area (Å²) in [5.74, 6) is -1.09. The van der Waals surface area contributed by atoms with Crippen LogP contribution in [0.2, 0.25) is 0 Å². The van der Waals surface area contributed by atoms with E-state index in [1.54, 1.807) is 4.90 Å². The molecule has 2 aliphatic rings. The highest BCUT2D eigenvalue weighted by molar-refractivity contribution is 5.81. The molecule has 0 saturated carbocycles. The number of oxazole rings is 1. The number of morpholine rings is 1. The Kier molecular flexibility index (Phi) is 4.50. The van der Waals surface area contributed by atoms with Crippen LogP contribution in [0, 0.1) is 5.92 Å². The SMILES string of the molecule is O=C(O)[C@@H]1CN(C(=O)C2CCN(c3nc4ccccc4o3)CC2)CCO1. The van der Waals surface area contributed by atoms with Gasteiger partial charge in [-0.2, -0.15) is 4.98 Å². The molecule has 2 fully saturated rings. The first-order chi connectivity index (χ1) is 12.6. The van der Waals surface area contributed by atoms with E-state index in [2.05, 4.69) is 9.88 Å². The van der Waals surface area contributed by atoms with Gasteiger partial charge in [0, 0.05) is 25.6 Å². The fourth-order valence-corrected chi connectivity index (χ4v) is 3.57. The van der Waals surface area contributed by atoms with Crippen LogP contribution in [0.25, 0.3) is 11.1 Å². The molecule has 2 aromatic rings. The molecule has 4 rings (SSSR count). The van der Waals surface area contributed by atoms with Gasteiger partial charge in [-0.05, 0) is 25.0 Å². The molecule has 1 aromatic carbocycles. The third-order valence-corrected chi connectivity index (χ3v) is 5.05. The largest absolute Gasteiger partial charge is 0.479 e. The number of ether oxygens (including phenoxy) is 1. The summed E-state index contributed by atoms with van der Waals surface area (Å²) in [5, 5.41) is 9.08. The van der Waals surface area contributed by atoms with Crippen molar-refractivity contribution >= 4 is 29.0 Å². The zero-order valence-electron chi connectivity index (χ0n) is 14.3. The standard InChI is InChI=1S/C18H21N3O5/c22-16(21-9-10-25-15(11-21)17(23)24)12-5-7-20(8-6-12)18-19-13-3-1-2-4-14(13)26-18/h1-4,12,15H,5-11H2,(H,23,24)/t15-/m0/s1. The molecule has 26 heavy (non-hydrogen) atoms. The van der Waals surface area contributed by atoms with Crippen LogP contribution in [0.4, 0.5) is 6.01 Å². The zero-order chi connectivity index (χ0) is 18.1. The van der Waals surface area contributed by atoms with Crippen LogP contribution in [0.15, 0.2) is 28.7 Å². The van der Waals surface area contributed by atoms with E-state index in [0.717, 1.165) is 11.1 Å². The number of carbonyl (C=O) groups is 2. The Morgan fingerprint density at radius 1 is 1.15 bits per heavy atom. The molecule has 8 nitrogen and oxygen atoms in total. The molecule has 0 radical (unpaired) electrons. The van der Waals surface area contributed by atoms with Crippen LogP contribution >= 0.6 is 0 Å². The number of amides is 1. The van der Waals surface area contributed by atoms with E-state index in [4.69, 9.17) is 14.3 Å². The molecule has 2 saturated heterocycles. The van der Waals surface area contributed by atoms with Crippen molar-refractivity contribution in [1.82, 2.24) is 9.88 Å². The predicted octanol–water partition coefficient (Wildman–Crippen LogP) is 1.36. The van der Waals surface area contributed by atoms with E-state index in [9.17, 15) is 9.59 Å². The van der Waals surface area contributed by atoms with Crippen LogP contribution < -0.4 is 4.90 Å². The van der Waals surface area contributed by atoms with E-state index < -0.39 is 12.1 Å². The fraction of sp³-hybridized carbons (Fsp3) is 0.500. The molecule has 0 aliphatic carbocycles. The Labute approximate surface area is 150 Å². The van der Waals surface area contributed by atoms with Gasteiger partial charge in [0.05, 0.1) is 13.2 Å². The summed E-state index contributed by atoms with van der Waals surface area (Å²) in [7, 11) is 0. The lowest BCUT2D eigenvalue weighted by Gasteiger charge is -2.36. The normalized spacial score (nSPS) is 21.9. The molecule has 2 aliphatic heterocycles. The molecule has 8 heteroatoms. The molecule has 1 aromatic heterocycles. The minimum atomic E-state index is -1.02. The van der Waals surface area contributed by atoms with Crippen LogP contribution in [0.3, 0.4) is 0 Å². The van der Waals surface area contributed by atoms with Crippen molar-refractivity contribution in [3.63, 3.8) is 0 Å². The first-order valence-electron chi connectivity index (χ1n) is 8.85. The van der Waals surface area contributed by atoms with Gasteiger partial charge in [-0.15, -0.1) is 0 Å². The lowest BCUT2D eigenvalue weighted by molar-refractivity contribution is -0.160. The van der Waals surface area contributed by atoms with Crippen molar-refractivity contribution in [3.05, 3.63) is 24.3 Å². The topological polar surface area (TPSA) is 96.1 Å². The summed E-state index contributed by atoms with van der Waals surface area (Å²) in [5.41, 5.74) is 1.59. The molecule has 0 bridgehead atoms. The molecular formula is C18H21N3O5. The van der Waals surface area contributed by atoms with Gasteiger partial charge in [-0.3, -0.25) is 4.79 Å². The third kappa shape index (κ3) is 3.24. The Morgan fingerprint density at radius 2 is 1.92 bits per heavy atom. The minimum absolute atomic E-state index is 0.0248. The smallest absolute Gasteiger partial charge is 0.334 e. The fourth-order valence-electron chi connectivity index (χ4n) is 3.57. The van der Waals surface area contributed by atoms with Gasteiger partial charge in [0.25, 0.3) is 6.01 Å². The van der Waals surface area contributed by atoms with Crippen molar-refractivity contribution in [1.29, 1.82) is 0 Å². The van der Waals surface area contributed by atoms with Gasteiger partial charge in [0.15, 0.2) is 11.7 Å². The maximum atomic E-state index is 12.7. The number of anilines is 1. The highest BCUT2D eigenvalue weighted by Crippen LogP contribution is 2.27. The van der Waals surface area contributed by atoms with Gasteiger partial charge in [-0.25, -0.2) is 4.79 Å². The maximum Gasteiger partial charge on any atom is 0.334 e. The Morgan fingerprint density at radius 3 is 2.65 bits per heavy atom. The molecule has 1 N–H and O–H groups in total. The number of aliphatic carboxylic acids is 1. The van der Waals surface area contributed by atoms with Gasteiger partial charge in [-0.1, -0.05) is 12.1 Å². The number of piperidine rings is 1. The zero-order valence-corrected chi connectivity index (χ0v) is 14.3. The third-order valence-electron chi connectivity index (χ3n) is 5.05. The number of aromatic nitrogens is 1. The Bertz CT molecular complexity index is 779. The molecule has 0 unspecified atom stereocenters. The van der Waals surface area contributed by atoms with Gasteiger partial charge in [0.1, 0.15) is 5.52 Å². The van der Waals surface area contributed by atoms with Crippen molar-refractivity contribution < 1.29 is 23.8 Å². The van der Waals surface area contributed by atoms with Crippen LogP contribution in [0.1, 0.15) is 12.8 Å². The predicted molar refractivity (Wildman–Crippen MR) is 92.9 cm³/mol. The lowest BCUT2D eigenvalue weighted by atomic mass is 9.95. The molecule has 138 valence electrons. The van der Waals surface area contributed by atoms with E-state index >= 15 is 0 Å². The minimum Gasteiger partial charge on any atom is -0.479 e.